The van der Waals surface area contributed by atoms with Crippen LogP contribution in [0, 0.1) is 6.92 Å². The number of hydrogen-bond acceptors (Lipinski definition) is 3. The Morgan fingerprint density at radius 3 is 2.06 bits per heavy atom. The molecule has 0 unspecified atom stereocenters. The van der Waals surface area contributed by atoms with Crippen LogP contribution in [-0.4, -0.2) is 35.1 Å². The maximum absolute atomic E-state index is 13.5. The van der Waals surface area contributed by atoms with Crippen molar-refractivity contribution < 1.29 is 9.59 Å². The third-order valence-electron chi connectivity index (χ3n) is 5.43. The fourth-order valence-corrected chi connectivity index (χ4v) is 4.52. The molecule has 3 rings (SSSR count). The van der Waals surface area contributed by atoms with Gasteiger partial charge >= 0.3 is 0 Å². The molecule has 0 aromatic heterocycles. The van der Waals surface area contributed by atoms with Gasteiger partial charge in [-0.05, 0) is 30.5 Å². The number of likely N-dealkylation sites (N-methyl/N-ethyl adjacent to an activating group) is 1. The fourth-order valence-electron chi connectivity index (χ4n) is 3.65. The van der Waals surface area contributed by atoms with E-state index in [2.05, 4.69) is 17.4 Å². The zero-order valence-electron chi connectivity index (χ0n) is 19.4. The van der Waals surface area contributed by atoms with Crippen LogP contribution in [0.15, 0.2) is 84.9 Å². The summed E-state index contributed by atoms with van der Waals surface area (Å²) in [6.07, 6.45) is 0.480. The van der Waals surface area contributed by atoms with Crippen molar-refractivity contribution in [1.82, 2.24) is 10.2 Å². The van der Waals surface area contributed by atoms with Gasteiger partial charge in [-0.2, -0.15) is 0 Å². The number of rotatable bonds is 11. The molecule has 3 aromatic carbocycles. The van der Waals surface area contributed by atoms with Gasteiger partial charge in [0.2, 0.25) is 11.8 Å². The summed E-state index contributed by atoms with van der Waals surface area (Å²) in [6.45, 7) is 4.87. The summed E-state index contributed by atoms with van der Waals surface area (Å²) >= 11 is 1.58. The molecule has 33 heavy (non-hydrogen) atoms. The second kappa shape index (κ2) is 12.9. The van der Waals surface area contributed by atoms with Crippen LogP contribution in [0.4, 0.5) is 0 Å². The highest BCUT2D eigenvalue weighted by atomic mass is 32.2. The minimum atomic E-state index is -0.571. The highest BCUT2D eigenvalue weighted by molar-refractivity contribution is 7.99. The van der Waals surface area contributed by atoms with Crippen LogP contribution < -0.4 is 5.32 Å². The second-order valence-corrected chi connectivity index (χ2v) is 9.07. The molecule has 5 heteroatoms. The predicted octanol–water partition coefficient (Wildman–Crippen LogP) is 5.00. The summed E-state index contributed by atoms with van der Waals surface area (Å²) in [4.78, 5) is 28.3. The van der Waals surface area contributed by atoms with Crippen molar-refractivity contribution in [2.24, 2.45) is 0 Å². The number of aryl methyl sites for hydroxylation is 1. The van der Waals surface area contributed by atoms with Gasteiger partial charge in [-0.15, -0.1) is 11.8 Å². The quantitative estimate of drug-likeness (QED) is 0.438. The third kappa shape index (κ3) is 7.79. The molecule has 0 aliphatic carbocycles. The molecule has 4 nitrogen and oxygen atoms in total. The van der Waals surface area contributed by atoms with Crippen molar-refractivity contribution in [2.45, 2.75) is 38.6 Å². The molecule has 0 saturated carbocycles. The maximum Gasteiger partial charge on any atom is 0.243 e. The molecule has 0 aliphatic heterocycles. The monoisotopic (exact) mass is 460 g/mol. The lowest BCUT2D eigenvalue weighted by atomic mass is 10.0. The Bertz CT molecular complexity index is 1010. The minimum absolute atomic E-state index is 0.0244. The van der Waals surface area contributed by atoms with E-state index in [1.54, 1.807) is 16.7 Å². The number of benzene rings is 3. The van der Waals surface area contributed by atoms with Crippen LogP contribution in [0.5, 0.6) is 0 Å². The number of carbonyl (C=O) groups excluding carboxylic acids is 2. The van der Waals surface area contributed by atoms with Crippen molar-refractivity contribution in [1.29, 1.82) is 0 Å². The Morgan fingerprint density at radius 2 is 1.45 bits per heavy atom. The molecule has 1 atom stereocenters. The molecule has 3 aromatic rings. The standard InChI is InChI=1S/C28H32N2O2S/c1-3-29-28(32)26(18-23-10-6-4-7-11-23)30(19-24-16-14-22(2)15-17-24)27(31)21-33-20-25-12-8-5-9-13-25/h4-17,26H,3,18-21H2,1-2H3,(H,29,32)/t26-/m0/s1. The lowest BCUT2D eigenvalue weighted by molar-refractivity contribution is -0.139. The Labute approximate surface area is 201 Å². The molecule has 1 N–H and O–H groups in total. The third-order valence-corrected chi connectivity index (χ3v) is 6.42. The highest BCUT2D eigenvalue weighted by Gasteiger charge is 2.30. The molecule has 2 amide bonds. The summed E-state index contributed by atoms with van der Waals surface area (Å²) in [5.41, 5.74) is 4.40. The largest absolute Gasteiger partial charge is 0.355 e. The van der Waals surface area contributed by atoms with Gasteiger partial charge in [-0.3, -0.25) is 9.59 Å². The molecular formula is C28H32N2O2S. The molecule has 0 heterocycles. The first kappa shape index (κ1) is 24.6. The van der Waals surface area contributed by atoms with Crippen molar-refractivity contribution in [3.05, 3.63) is 107 Å². The first-order valence-corrected chi connectivity index (χ1v) is 12.5. The predicted molar refractivity (Wildman–Crippen MR) is 137 cm³/mol. The molecule has 172 valence electrons. The molecule has 0 fully saturated rings. The normalized spacial score (nSPS) is 11.6. The number of hydrogen-bond donors (Lipinski definition) is 1. The van der Waals surface area contributed by atoms with E-state index in [9.17, 15) is 9.59 Å². The topological polar surface area (TPSA) is 49.4 Å². The van der Waals surface area contributed by atoms with Gasteiger partial charge in [-0.1, -0.05) is 90.5 Å². The number of carbonyl (C=O) groups is 2. The van der Waals surface area contributed by atoms with E-state index in [0.29, 0.717) is 25.3 Å². The van der Waals surface area contributed by atoms with E-state index in [0.717, 1.165) is 16.9 Å². The smallest absolute Gasteiger partial charge is 0.243 e. The van der Waals surface area contributed by atoms with Gasteiger partial charge in [0, 0.05) is 25.3 Å². The van der Waals surface area contributed by atoms with Crippen LogP contribution >= 0.6 is 11.8 Å². The molecule has 0 saturated heterocycles. The average Bonchev–Trinajstić information content (AvgIpc) is 2.84. The van der Waals surface area contributed by atoms with Crippen molar-refractivity contribution >= 4 is 23.6 Å². The number of amides is 2. The van der Waals surface area contributed by atoms with Gasteiger partial charge in [0.1, 0.15) is 6.04 Å². The summed E-state index contributed by atoms with van der Waals surface area (Å²) in [5.74, 6) is 0.944. The molecule has 0 aliphatic rings. The zero-order chi connectivity index (χ0) is 23.5. The Morgan fingerprint density at radius 1 is 0.848 bits per heavy atom. The zero-order valence-corrected chi connectivity index (χ0v) is 20.2. The first-order valence-electron chi connectivity index (χ1n) is 11.3. The van der Waals surface area contributed by atoms with Crippen LogP contribution in [-0.2, 0) is 28.3 Å². The lowest BCUT2D eigenvalue weighted by Gasteiger charge is -2.31. The van der Waals surface area contributed by atoms with Crippen LogP contribution in [0.1, 0.15) is 29.2 Å². The number of nitrogens with one attached hydrogen (secondary N) is 1. The SMILES string of the molecule is CCNC(=O)[C@H](Cc1ccccc1)N(Cc1ccc(C)cc1)C(=O)CSCc1ccccc1. The van der Waals surface area contributed by atoms with E-state index >= 15 is 0 Å². The van der Waals surface area contributed by atoms with E-state index in [1.807, 2.05) is 86.6 Å². The van der Waals surface area contributed by atoms with E-state index < -0.39 is 6.04 Å². The van der Waals surface area contributed by atoms with E-state index in [-0.39, 0.29) is 11.8 Å². The highest BCUT2D eigenvalue weighted by Crippen LogP contribution is 2.18. The van der Waals surface area contributed by atoms with Gasteiger partial charge < -0.3 is 10.2 Å². The molecule has 0 radical (unpaired) electrons. The van der Waals surface area contributed by atoms with Gasteiger partial charge in [-0.25, -0.2) is 0 Å². The fraction of sp³-hybridized carbons (Fsp3) is 0.286. The van der Waals surface area contributed by atoms with Crippen molar-refractivity contribution in [2.75, 3.05) is 12.3 Å². The molecule has 0 spiro atoms. The Balaban J connectivity index is 1.81. The average molecular weight is 461 g/mol. The summed E-state index contributed by atoms with van der Waals surface area (Å²) < 4.78 is 0. The van der Waals surface area contributed by atoms with Gasteiger partial charge in [0.15, 0.2) is 0 Å². The van der Waals surface area contributed by atoms with Gasteiger partial charge in [0.25, 0.3) is 0 Å². The van der Waals surface area contributed by atoms with Crippen molar-refractivity contribution in [3.8, 4) is 0 Å². The molecule has 0 bridgehead atoms. The van der Waals surface area contributed by atoms with Crippen LogP contribution in [0.2, 0.25) is 0 Å². The van der Waals surface area contributed by atoms with E-state index in [1.165, 1.54) is 11.1 Å². The van der Waals surface area contributed by atoms with E-state index in [4.69, 9.17) is 0 Å². The van der Waals surface area contributed by atoms with Crippen LogP contribution in [0.25, 0.3) is 0 Å². The first-order chi connectivity index (χ1) is 16.1. The Hall–Kier alpha value is -3.05. The summed E-state index contributed by atoms with van der Waals surface area (Å²) in [5, 5.41) is 2.94. The summed E-state index contributed by atoms with van der Waals surface area (Å²) in [7, 11) is 0. The molecular weight excluding hydrogens is 428 g/mol. The van der Waals surface area contributed by atoms with Crippen molar-refractivity contribution in [3.63, 3.8) is 0 Å². The van der Waals surface area contributed by atoms with Gasteiger partial charge in [0.05, 0.1) is 5.75 Å². The second-order valence-electron chi connectivity index (χ2n) is 8.09. The lowest BCUT2D eigenvalue weighted by Crippen LogP contribution is -2.51. The number of nitrogens with zero attached hydrogens (tertiary/aromatic N) is 1. The maximum atomic E-state index is 13.5. The number of thioether (sulfide) groups is 1. The summed E-state index contributed by atoms with van der Waals surface area (Å²) in [6, 6.07) is 27.6. The van der Waals surface area contributed by atoms with Crippen LogP contribution in [0.3, 0.4) is 0 Å². The Kier molecular flexibility index (Phi) is 9.58. The minimum Gasteiger partial charge on any atom is -0.355 e.